The predicted octanol–water partition coefficient (Wildman–Crippen LogP) is 0.535. The van der Waals surface area contributed by atoms with Gasteiger partial charge in [-0.25, -0.2) is 0 Å². The highest BCUT2D eigenvalue weighted by Crippen LogP contribution is 2.55. The van der Waals surface area contributed by atoms with Gasteiger partial charge in [0, 0.05) is 5.54 Å². The Kier molecular flexibility index (Phi) is 2.44. The molecule has 4 aliphatic carbocycles. The molecule has 4 saturated carbocycles. The van der Waals surface area contributed by atoms with Gasteiger partial charge < -0.3 is 5.32 Å². The van der Waals surface area contributed by atoms with Crippen LogP contribution < -0.4 is 16.6 Å². The Labute approximate surface area is 96.3 Å². The molecule has 4 heteroatoms. The first-order valence-electron chi connectivity index (χ1n) is 6.43. The fourth-order valence-corrected chi connectivity index (χ4v) is 4.70. The van der Waals surface area contributed by atoms with Crippen LogP contribution in [0.3, 0.4) is 0 Å². The second-order valence-corrected chi connectivity index (χ2v) is 6.13. The standard InChI is InChI=1S/C12H21N3O/c13-14-7-11(16)15-12-4-8-1-9(5-12)3-10(2-8)6-12/h8-10,14H,1-7,13H2,(H,15,16). The number of nitrogens with two attached hydrogens (primary N) is 1. The summed E-state index contributed by atoms with van der Waals surface area (Å²) in [4.78, 5) is 11.7. The van der Waals surface area contributed by atoms with E-state index in [2.05, 4.69) is 10.7 Å². The van der Waals surface area contributed by atoms with Gasteiger partial charge in [0.2, 0.25) is 5.91 Å². The molecule has 0 saturated heterocycles. The van der Waals surface area contributed by atoms with Gasteiger partial charge in [0.1, 0.15) is 0 Å². The van der Waals surface area contributed by atoms with Crippen LogP contribution in [0.15, 0.2) is 0 Å². The topological polar surface area (TPSA) is 67.1 Å². The molecule has 1 amide bonds. The van der Waals surface area contributed by atoms with Gasteiger partial charge in [0.25, 0.3) is 0 Å². The summed E-state index contributed by atoms with van der Waals surface area (Å²) in [6.07, 6.45) is 7.83. The zero-order chi connectivity index (χ0) is 11.2. The third kappa shape index (κ3) is 1.74. The molecular formula is C12H21N3O. The van der Waals surface area contributed by atoms with E-state index in [1.807, 2.05) is 0 Å². The number of carbonyl (C=O) groups is 1. The normalized spacial score (nSPS) is 44.7. The summed E-state index contributed by atoms with van der Waals surface area (Å²) in [6.45, 7) is 0.238. The van der Waals surface area contributed by atoms with Gasteiger partial charge in [-0.15, -0.1) is 0 Å². The summed E-state index contributed by atoms with van der Waals surface area (Å²) < 4.78 is 0. The molecule has 4 fully saturated rings. The first-order chi connectivity index (χ1) is 7.69. The molecule has 0 aromatic heterocycles. The van der Waals surface area contributed by atoms with Crippen molar-refractivity contribution in [2.24, 2.45) is 23.6 Å². The van der Waals surface area contributed by atoms with E-state index in [1.54, 1.807) is 0 Å². The average Bonchev–Trinajstić information content (AvgIpc) is 2.13. The van der Waals surface area contributed by atoms with Gasteiger partial charge in [-0.3, -0.25) is 16.1 Å². The molecule has 4 nitrogen and oxygen atoms in total. The lowest BCUT2D eigenvalue weighted by atomic mass is 9.53. The van der Waals surface area contributed by atoms with Crippen molar-refractivity contribution >= 4 is 5.91 Å². The van der Waals surface area contributed by atoms with E-state index in [9.17, 15) is 4.79 Å². The van der Waals surface area contributed by atoms with Crippen molar-refractivity contribution in [2.75, 3.05) is 6.54 Å². The fraction of sp³-hybridized carbons (Fsp3) is 0.917. The molecule has 0 aliphatic heterocycles. The number of hydrazine groups is 1. The molecule has 0 atom stereocenters. The molecule has 0 radical (unpaired) electrons. The lowest BCUT2D eigenvalue weighted by Gasteiger charge is -2.56. The zero-order valence-corrected chi connectivity index (χ0v) is 9.67. The van der Waals surface area contributed by atoms with Crippen LogP contribution >= 0.6 is 0 Å². The van der Waals surface area contributed by atoms with Crippen molar-refractivity contribution in [1.82, 2.24) is 10.7 Å². The number of hydrogen-bond donors (Lipinski definition) is 3. The van der Waals surface area contributed by atoms with Gasteiger partial charge in [0.05, 0.1) is 6.54 Å². The average molecular weight is 223 g/mol. The monoisotopic (exact) mass is 223 g/mol. The number of carbonyl (C=O) groups excluding carboxylic acids is 1. The van der Waals surface area contributed by atoms with E-state index < -0.39 is 0 Å². The second-order valence-electron chi connectivity index (χ2n) is 6.13. The first kappa shape index (κ1) is 10.5. The molecular weight excluding hydrogens is 202 g/mol. The first-order valence-corrected chi connectivity index (χ1v) is 6.43. The van der Waals surface area contributed by atoms with E-state index in [-0.39, 0.29) is 18.0 Å². The minimum atomic E-state index is 0.0597. The van der Waals surface area contributed by atoms with Crippen molar-refractivity contribution in [3.05, 3.63) is 0 Å². The quantitative estimate of drug-likeness (QED) is 0.483. The summed E-state index contributed by atoms with van der Waals surface area (Å²) in [5.74, 6) is 7.86. The molecule has 4 aliphatic rings. The Morgan fingerprint density at radius 2 is 1.62 bits per heavy atom. The van der Waals surface area contributed by atoms with E-state index >= 15 is 0 Å². The van der Waals surface area contributed by atoms with Crippen LogP contribution in [-0.2, 0) is 4.79 Å². The SMILES string of the molecule is NNCC(=O)NC12CC3CC(CC(C3)C1)C2. The zero-order valence-electron chi connectivity index (χ0n) is 9.67. The third-order valence-corrected chi connectivity index (χ3v) is 4.71. The number of hydrogen-bond acceptors (Lipinski definition) is 3. The summed E-state index contributed by atoms with van der Waals surface area (Å²) in [5, 5.41) is 3.24. The summed E-state index contributed by atoms with van der Waals surface area (Å²) in [7, 11) is 0. The third-order valence-electron chi connectivity index (χ3n) is 4.71. The molecule has 0 unspecified atom stereocenters. The van der Waals surface area contributed by atoms with Gasteiger partial charge >= 0.3 is 0 Å². The summed E-state index contributed by atoms with van der Waals surface area (Å²) in [5.41, 5.74) is 2.57. The lowest BCUT2D eigenvalue weighted by Crippen LogP contribution is -2.61. The molecule has 4 N–H and O–H groups in total. The van der Waals surface area contributed by atoms with Crippen LogP contribution in [0.1, 0.15) is 38.5 Å². The molecule has 0 spiro atoms. The van der Waals surface area contributed by atoms with Crippen LogP contribution in [0.5, 0.6) is 0 Å². The Morgan fingerprint density at radius 3 is 2.06 bits per heavy atom. The van der Waals surface area contributed by atoms with Gasteiger partial charge in [-0.05, 0) is 56.3 Å². The molecule has 0 heterocycles. The van der Waals surface area contributed by atoms with Crippen molar-refractivity contribution < 1.29 is 4.79 Å². The van der Waals surface area contributed by atoms with Crippen LogP contribution in [-0.4, -0.2) is 18.0 Å². The van der Waals surface area contributed by atoms with E-state index in [0.29, 0.717) is 0 Å². The van der Waals surface area contributed by atoms with Crippen molar-refractivity contribution in [3.8, 4) is 0 Å². The number of nitrogens with one attached hydrogen (secondary N) is 2. The number of amides is 1. The summed E-state index contributed by atoms with van der Waals surface area (Å²) >= 11 is 0. The van der Waals surface area contributed by atoms with Crippen molar-refractivity contribution in [3.63, 3.8) is 0 Å². The molecule has 0 aromatic rings. The fourth-order valence-electron chi connectivity index (χ4n) is 4.70. The molecule has 0 aromatic carbocycles. The minimum absolute atomic E-state index is 0.0597. The van der Waals surface area contributed by atoms with Crippen LogP contribution in [0, 0.1) is 17.8 Å². The van der Waals surface area contributed by atoms with Gasteiger partial charge in [-0.2, -0.15) is 0 Å². The van der Waals surface area contributed by atoms with Gasteiger partial charge in [0.15, 0.2) is 0 Å². The minimum Gasteiger partial charge on any atom is -0.349 e. The molecule has 4 rings (SSSR count). The maximum atomic E-state index is 11.7. The van der Waals surface area contributed by atoms with Crippen LogP contribution in [0.4, 0.5) is 0 Å². The smallest absolute Gasteiger partial charge is 0.235 e. The Hall–Kier alpha value is -0.610. The Morgan fingerprint density at radius 1 is 1.12 bits per heavy atom. The van der Waals surface area contributed by atoms with E-state index in [0.717, 1.165) is 17.8 Å². The highest BCUT2D eigenvalue weighted by atomic mass is 16.2. The maximum Gasteiger partial charge on any atom is 0.235 e. The van der Waals surface area contributed by atoms with Crippen LogP contribution in [0.2, 0.25) is 0 Å². The van der Waals surface area contributed by atoms with Crippen molar-refractivity contribution in [1.29, 1.82) is 0 Å². The Bertz CT molecular complexity index is 267. The highest BCUT2D eigenvalue weighted by Gasteiger charge is 2.51. The maximum absolute atomic E-state index is 11.7. The number of rotatable bonds is 3. The predicted molar refractivity (Wildman–Crippen MR) is 61.2 cm³/mol. The van der Waals surface area contributed by atoms with E-state index in [4.69, 9.17) is 5.84 Å². The van der Waals surface area contributed by atoms with Crippen LogP contribution in [0.25, 0.3) is 0 Å². The van der Waals surface area contributed by atoms with Gasteiger partial charge in [-0.1, -0.05) is 0 Å². The lowest BCUT2D eigenvalue weighted by molar-refractivity contribution is -0.126. The molecule has 16 heavy (non-hydrogen) atoms. The van der Waals surface area contributed by atoms with Crippen molar-refractivity contribution in [2.45, 2.75) is 44.1 Å². The highest BCUT2D eigenvalue weighted by molar-refractivity contribution is 5.78. The molecule has 90 valence electrons. The van der Waals surface area contributed by atoms with E-state index in [1.165, 1.54) is 38.5 Å². The second kappa shape index (κ2) is 3.70. The Balaban J connectivity index is 1.71. The molecule has 4 bridgehead atoms. The largest absolute Gasteiger partial charge is 0.349 e. The summed E-state index contributed by atoms with van der Waals surface area (Å²) in [6, 6.07) is 0.